The van der Waals surface area contributed by atoms with Gasteiger partial charge in [0.2, 0.25) is 5.91 Å². The van der Waals surface area contributed by atoms with Gasteiger partial charge in [-0.1, -0.05) is 13.8 Å². The van der Waals surface area contributed by atoms with Crippen LogP contribution in [0.25, 0.3) is 0 Å². The third kappa shape index (κ3) is 5.23. The maximum Gasteiger partial charge on any atom is 0.223 e. The molecule has 0 aliphatic heterocycles. The summed E-state index contributed by atoms with van der Waals surface area (Å²) >= 11 is 0. The average Bonchev–Trinajstić information content (AvgIpc) is 2.65. The van der Waals surface area contributed by atoms with E-state index in [1.54, 1.807) is 7.11 Å². The first-order chi connectivity index (χ1) is 7.54. The van der Waals surface area contributed by atoms with E-state index in [2.05, 4.69) is 19.2 Å². The molecule has 1 fully saturated rings. The minimum atomic E-state index is 0. The Bertz CT molecular complexity index is 237. The zero-order valence-electron chi connectivity index (χ0n) is 10.9. The van der Waals surface area contributed by atoms with Crippen molar-refractivity contribution in [3.8, 4) is 0 Å². The molecule has 4 nitrogen and oxygen atoms in total. The van der Waals surface area contributed by atoms with Crippen LogP contribution >= 0.6 is 12.4 Å². The Morgan fingerprint density at radius 3 is 2.53 bits per heavy atom. The van der Waals surface area contributed by atoms with Gasteiger partial charge in [-0.05, 0) is 25.2 Å². The van der Waals surface area contributed by atoms with Gasteiger partial charge >= 0.3 is 0 Å². The second-order valence-corrected chi connectivity index (χ2v) is 5.03. The predicted molar refractivity (Wildman–Crippen MR) is 71.2 cm³/mol. The molecule has 1 aliphatic carbocycles. The number of rotatable bonds is 5. The van der Waals surface area contributed by atoms with Gasteiger partial charge in [0.1, 0.15) is 0 Å². The molecule has 0 heterocycles. The Morgan fingerprint density at radius 1 is 1.47 bits per heavy atom. The van der Waals surface area contributed by atoms with Crippen molar-refractivity contribution in [3.05, 3.63) is 0 Å². The number of carbonyl (C=O) groups excluding carboxylic acids is 1. The number of ether oxygens (including phenoxy) is 1. The maximum atomic E-state index is 11.8. The van der Waals surface area contributed by atoms with Crippen molar-refractivity contribution in [3.63, 3.8) is 0 Å². The van der Waals surface area contributed by atoms with Gasteiger partial charge in [0, 0.05) is 25.6 Å². The van der Waals surface area contributed by atoms with Gasteiger partial charge in [0.05, 0.1) is 6.10 Å². The van der Waals surface area contributed by atoms with Crippen molar-refractivity contribution in [1.29, 1.82) is 0 Å². The van der Waals surface area contributed by atoms with Gasteiger partial charge in [-0.2, -0.15) is 0 Å². The van der Waals surface area contributed by atoms with E-state index in [0.717, 1.165) is 19.3 Å². The van der Waals surface area contributed by atoms with Crippen molar-refractivity contribution in [2.75, 3.05) is 13.7 Å². The first kappa shape index (κ1) is 16.7. The average molecular weight is 265 g/mol. The highest BCUT2D eigenvalue weighted by atomic mass is 35.5. The molecule has 3 atom stereocenters. The van der Waals surface area contributed by atoms with Crippen LogP contribution in [0.3, 0.4) is 0 Å². The quantitative estimate of drug-likeness (QED) is 0.787. The zero-order valence-corrected chi connectivity index (χ0v) is 11.8. The third-order valence-corrected chi connectivity index (χ3v) is 3.37. The summed E-state index contributed by atoms with van der Waals surface area (Å²) in [6.45, 7) is 4.77. The Balaban J connectivity index is 0.00000256. The van der Waals surface area contributed by atoms with Crippen molar-refractivity contribution in [2.45, 2.75) is 45.3 Å². The second-order valence-electron chi connectivity index (χ2n) is 5.03. The van der Waals surface area contributed by atoms with Crippen LogP contribution in [-0.4, -0.2) is 31.7 Å². The van der Waals surface area contributed by atoms with E-state index in [4.69, 9.17) is 10.5 Å². The van der Waals surface area contributed by atoms with Crippen molar-refractivity contribution >= 4 is 18.3 Å². The van der Waals surface area contributed by atoms with E-state index in [1.165, 1.54) is 0 Å². The Labute approximate surface area is 110 Å². The Hall–Kier alpha value is -0.320. The number of amides is 1. The fraction of sp³-hybridized carbons (Fsp3) is 0.917. The minimum absolute atomic E-state index is 0. The van der Waals surface area contributed by atoms with Crippen LogP contribution in [0.5, 0.6) is 0 Å². The fourth-order valence-electron chi connectivity index (χ4n) is 2.19. The lowest BCUT2D eigenvalue weighted by Gasteiger charge is -2.20. The number of nitrogens with one attached hydrogen (secondary N) is 1. The molecular weight excluding hydrogens is 240 g/mol. The molecule has 1 rings (SSSR count). The third-order valence-electron chi connectivity index (χ3n) is 3.37. The second kappa shape index (κ2) is 7.90. The van der Waals surface area contributed by atoms with Crippen LogP contribution in [-0.2, 0) is 9.53 Å². The lowest BCUT2D eigenvalue weighted by Crippen LogP contribution is -2.38. The molecule has 3 N–H and O–H groups in total. The number of methoxy groups -OCH3 is 1. The van der Waals surface area contributed by atoms with Crippen LogP contribution in [0.4, 0.5) is 0 Å². The standard InChI is InChI=1S/C12H24N2O2.ClH/c1-8(2)11(16-3)7-14-12(15)9-4-5-10(13)6-9;/h8-11H,4-7,13H2,1-3H3,(H,14,15);1H. The highest BCUT2D eigenvalue weighted by molar-refractivity contribution is 5.85. The van der Waals surface area contributed by atoms with Gasteiger partial charge in [0.25, 0.3) is 0 Å². The van der Waals surface area contributed by atoms with Gasteiger partial charge in [-0.3, -0.25) is 4.79 Å². The predicted octanol–water partition coefficient (Wildman–Crippen LogP) is 1.32. The summed E-state index contributed by atoms with van der Waals surface area (Å²) in [5.74, 6) is 0.659. The number of nitrogens with two attached hydrogens (primary N) is 1. The van der Waals surface area contributed by atoms with E-state index in [0.29, 0.717) is 12.5 Å². The molecule has 0 spiro atoms. The topological polar surface area (TPSA) is 64.3 Å². The molecule has 1 amide bonds. The molecule has 5 heteroatoms. The van der Waals surface area contributed by atoms with E-state index in [-0.39, 0.29) is 36.4 Å². The highest BCUT2D eigenvalue weighted by Gasteiger charge is 2.28. The van der Waals surface area contributed by atoms with Crippen molar-refractivity contribution in [1.82, 2.24) is 5.32 Å². The molecule has 1 saturated carbocycles. The largest absolute Gasteiger partial charge is 0.379 e. The van der Waals surface area contributed by atoms with Gasteiger partial charge in [-0.25, -0.2) is 0 Å². The molecular formula is C12H25ClN2O2. The molecule has 102 valence electrons. The summed E-state index contributed by atoms with van der Waals surface area (Å²) in [4.78, 5) is 11.8. The van der Waals surface area contributed by atoms with Gasteiger partial charge in [-0.15, -0.1) is 12.4 Å². The molecule has 3 unspecified atom stereocenters. The molecule has 0 saturated heterocycles. The highest BCUT2D eigenvalue weighted by Crippen LogP contribution is 2.24. The summed E-state index contributed by atoms with van der Waals surface area (Å²) in [6.07, 6.45) is 2.81. The molecule has 0 aromatic rings. The van der Waals surface area contributed by atoms with E-state index in [1.807, 2.05) is 0 Å². The number of hydrogen-bond donors (Lipinski definition) is 2. The first-order valence-corrected chi connectivity index (χ1v) is 6.10. The molecule has 0 radical (unpaired) electrons. The van der Waals surface area contributed by atoms with E-state index < -0.39 is 0 Å². The lowest BCUT2D eigenvalue weighted by atomic mass is 10.1. The van der Waals surface area contributed by atoms with Crippen molar-refractivity contribution < 1.29 is 9.53 Å². The van der Waals surface area contributed by atoms with Crippen LogP contribution in [0.2, 0.25) is 0 Å². The summed E-state index contributed by atoms with van der Waals surface area (Å²) in [5, 5.41) is 2.96. The Morgan fingerprint density at radius 2 is 2.12 bits per heavy atom. The number of hydrogen-bond acceptors (Lipinski definition) is 3. The minimum Gasteiger partial charge on any atom is -0.379 e. The van der Waals surface area contributed by atoms with Crippen molar-refractivity contribution in [2.24, 2.45) is 17.6 Å². The van der Waals surface area contributed by atoms with Crippen LogP contribution in [0.15, 0.2) is 0 Å². The number of carbonyl (C=O) groups is 1. The summed E-state index contributed by atoms with van der Waals surface area (Å²) in [6, 6.07) is 0.207. The van der Waals surface area contributed by atoms with Crippen LogP contribution in [0.1, 0.15) is 33.1 Å². The van der Waals surface area contributed by atoms with E-state index in [9.17, 15) is 4.79 Å². The Kier molecular flexibility index (Phi) is 7.75. The molecule has 17 heavy (non-hydrogen) atoms. The van der Waals surface area contributed by atoms with E-state index >= 15 is 0 Å². The lowest BCUT2D eigenvalue weighted by molar-refractivity contribution is -0.125. The zero-order chi connectivity index (χ0) is 12.1. The molecule has 0 aromatic heterocycles. The molecule has 1 aliphatic rings. The maximum absolute atomic E-state index is 11.8. The summed E-state index contributed by atoms with van der Waals surface area (Å²) in [5.41, 5.74) is 5.79. The monoisotopic (exact) mass is 264 g/mol. The smallest absolute Gasteiger partial charge is 0.223 e. The normalized spacial score (nSPS) is 25.5. The van der Waals surface area contributed by atoms with Crippen LogP contribution in [0, 0.1) is 11.8 Å². The molecule has 0 bridgehead atoms. The molecule has 0 aromatic carbocycles. The summed E-state index contributed by atoms with van der Waals surface area (Å²) < 4.78 is 5.31. The SMILES string of the molecule is COC(CNC(=O)C1CCC(N)C1)C(C)C.Cl. The number of halogens is 1. The summed E-state index contributed by atoms with van der Waals surface area (Å²) in [7, 11) is 1.68. The fourth-order valence-corrected chi connectivity index (χ4v) is 2.19. The van der Waals surface area contributed by atoms with Gasteiger partial charge < -0.3 is 15.8 Å². The van der Waals surface area contributed by atoms with Crippen LogP contribution < -0.4 is 11.1 Å². The van der Waals surface area contributed by atoms with Gasteiger partial charge in [0.15, 0.2) is 0 Å². The first-order valence-electron chi connectivity index (χ1n) is 6.10.